The van der Waals surface area contributed by atoms with Crippen LogP contribution in [0.4, 0.5) is 5.69 Å². The molecule has 0 radical (unpaired) electrons. The summed E-state index contributed by atoms with van der Waals surface area (Å²) in [6, 6.07) is 10.9. The van der Waals surface area contributed by atoms with Crippen LogP contribution in [0.15, 0.2) is 47.1 Å². The highest BCUT2D eigenvalue weighted by Gasteiger charge is 2.15. The van der Waals surface area contributed by atoms with Crippen molar-refractivity contribution in [3.05, 3.63) is 58.3 Å². The van der Waals surface area contributed by atoms with Gasteiger partial charge in [0.15, 0.2) is 0 Å². The Morgan fingerprint density at radius 2 is 2.00 bits per heavy atom. The van der Waals surface area contributed by atoms with Gasteiger partial charge in [0.1, 0.15) is 6.10 Å². The van der Waals surface area contributed by atoms with E-state index in [1.165, 1.54) is 0 Å². The number of benzene rings is 1. The number of para-hydroxylation sites is 1. The van der Waals surface area contributed by atoms with Crippen LogP contribution in [-0.2, 0) is 0 Å². The fourth-order valence-electron chi connectivity index (χ4n) is 1.49. The fraction of sp³-hybridized carbons (Fsp3) is 0.0833. The standard InChI is InChI=1S/C12H11BrN2O/c13-9-5-3-4-8(11(9)14)12(16)10-6-1-2-7-15-10/h1-7,12,16H,14H2. The Hall–Kier alpha value is -1.39. The van der Waals surface area contributed by atoms with Crippen molar-refractivity contribution in [3.8, 4) is 0 Å². The number of rotatable bonds is 2. The molecule has 82 valence electrons. The number of hydrogen-bond acceptors (Lipinski definition) is 3. The zero-order valence-corrected chi connectivity index (χ0v) is 10.1. The normalized spacial score (nSPS) is 12.4. The number of pyridine rings is 1. The van der Waals surface area contributed by atoms with E-state index in [4.69, 9.17) is 5.73 Å². The quantitative estimate of drug-likeness (QED) is 0.830. The Kier molecular flexibility index (Phi) is 3.22. The van der Waals surface area contributed by atoms with E-state index in [-0.39, 0.29) is 0 Å². The van der Waals surface area contributed by atoms with Gasteiger partial charge in [-0.15, -0.1) is 0 Å². The zero-order chi connectivity index (χ0) is 11.5. The molecule has 0 spiro atoms. The highest BCUT2D eigenvalue weighted by atomic mass is 79.9. The molecule has 0 aliphatic heterocycles. The molecule has 1 aromatic heterocycles. The highest BCUT2D eigenvalue weighted by Crippen LogP contribution is 2.30. The number of aliphatic hydroxyl groups excluding tert-OH is 1. The summed E-state index contributed by atoms with van der Waals surface area (Å²) in [4.78, 5) is 4.10. The van der Waals surface area contributed by atoms with E-state index in [1.54, 1.807) is 24.4 Å². The Bertz CT molecular complexity index is 488. The molecule has 1 heterocycles. The third-order valence-corrected chi connectivity index (χ3v) is 3.04. The lowest BCUT2D eigenvalue weighted by molar-refractivity contribution is 0.216. The van der Waals surface area contributed by atoms with Crippen LogP contribution >= 0.6 is 15.9 Å². The number of halogens is 1. The van der Waals surface area contributed by atoms with Gasteiger partial charge in [-0.05, 0) is 34.1 Å². The molecule has 0 bridgehead atoms. The zero-order valence-electron chi connectivity index (χ0n) is 8.47. The summed E-state index contributed by atoms with van der Waals surface area (Å²) in [5.41, 5.74) is 7.68. The summed E-state index contributed by atoms with van der Waals surface area (Å²) in [7, 11) is 0. The smallest absolute Gasteiger partial charge is 0.123 e. The molecular formula is C12H11BrN2O. The predicted molar refractivity (Wildman–Crippen MR) is 66.9 cm³/mol. The topological polar surface area (TPSA) is 59.1 Å². The van der Waals surface area contributed by atoms with E-state index in [2.05, 4.69) is 20.9 Å². The maximum atomic E-state index is 10.1. The van der Waals surface area contributed by atoms with Gasteiger partial charge in [-0.25, -0.2) is 0 Å². The van der Waals surface area contributed by atoms with E-state index in [1.807, 2.05) is 18.2 Å². The second-order valence-electron chi connectivity index (χ2n) is 3.40. The second-order valence-corrected chi connectivity index (χ2v) is 4.25. The molecule has 3 N–H and O–H groups in total. The van der Waals surface area contributed by atoms with Crippen LogP contribution in [-0.4, -0.2) is 10.1 Å². The number of aromatic nitrogens is 1. The lowest BCUT2D eigenvalue weighted by Gasteiger charge is -2.13. The molecular weight excluding hydrogens is 268 g/mol. The number of aliphatic hydroxyl groups is 1. The Balaban J connectivity index is 2.42. The Labute approximate surface area is 102 Å². The first kappa shape index (κ1) is 11.1. The van der Waals surface area contributed by atoms with Gasteiger partial charge in [-0.1, -0.05) is 18.2 Å². The molecule has 1 unspecified atom stereocenters. The Morgan fingerprint density at radius 1 is 1.19 bits per heavy atom. The number of nitrogens with zero attached hydrogens (tertiary/aromatic N) is 1. The molecule has 0 amide bonds. The van der Waals surface area contributed by atoms with Crippen LogP contribution < -0.4 is 5.73 Å². The van der Waals surface area contributed by atoms with Crippen molar-refractivity contribution in [1.29, 1.82) is 0 Å². The SMILES string of the molecule is Nc1c(Br)cccc1C(O)c1ccccn1. The first-order valence-electron chi connectivity index (χ1n) is 4.83. The van der Waals surface area contributed by atoms with Gasteiger partial charge in [0.2, 0.25) is 0 Å². The molecule has 1 aromatic carbocycles. The summed E-state index contributed by atoms with van der Waals surface area (Å²) in [6.45, 7) is 0. The summed E-state index contributed by atoms with van der Waals surface area (Å²) in [6.07, 6.45) is 0.853. The van der Waals surface area contributed by atoms with E-state index >= 15 is 0 Å². The van der Waals surface area contributed by atoms with E-state index in [9.17, 15) is 5.11 Å². The summed E-state index contributed by atoms with van der Waals surface area (Å²) < 4.78 is 0.778. The summed E-state index contributed by atoms with van der Waals surface area (Å²) in [5.74, 6) is 0. The maximum absolute atomic E-state index is 10.1. The van der Waals surface area contributed by atoms with Crippen molar-refractivity contribution >= 4 is 21.6 Å². The van der Waals surface area contributed by atoms with Gasteiger partial charge in [-0.3, -0.25) is 4.98 Å². The number of anilines is 1. The molecule has 0 fully saturated rings. The molecule has 0 aliphatic rings. The van der Waals surface area contributed by atoms with Crippen LogP contribution in [0, 0.1) is 0 Å². The number of nitrogen functional groups attached to an aromatic ring is 1. The first-order chi connectivity index (χ1) is 7.70. The van der Waals surface area contributed by atoms with Gasteiger partial charge in [-0.2, -0.15) is 0 Å². The molecule has 16 heavy (non-hydrogen) atoms. The minimum absolute atomic E-state index is 0.542. The van der Waals surface area contributed by atoms with Crippen molar-refractivity contribution < 1.29 is 5.11 Å². The second kappa shape index (κ2) is 4.63. The van der Waals surface area contributed by atoms with Gasteiger partial charge in [0.25, 0.3) is 0 Å². The van der Waals surface area contributed by atoms with Crippen LogP contribution in [0.3, 0.4) is 0 Å². The maximum Gasteiger partial charge on any atom is 0.123 e. The van der Waals surface area contributed by atoms with Crippen molar-refractivity contribution in [3.63, 3.8) is 0 Å². The van der Waals surface area contributed by atoms with Gasteiger partial charge >= 0.3 is 0 Å². The van der Waals surface area contributed by atoms with Crippen LogP contribution in [0.2, 0.25) is 0 Å². The predicted octanol–water partition coefficient (Wildman–Crippen LogP) is 2.51. The first-order valence-corrected chi connectivity index (χ1v) is 5.62. The summed E-state index contributed by atoms with van der Waals surface area (Å²) in [5, 5.41) is 10.1. The van der Waals surface area contributed by atoms with Crippen molar-refractivity contribution in [1.82, 2.24) is 4.98 Å². The van der Waals surface area contributed by atoms with Crippen LogP contribution in [0.5, 0.6) is 0 Å². The number of nitrogens with two attached hydrogens (primary N) is 1. The van der Waals surface area contributed by atoms with Crippen LogP contribution in [0.1, 0.15) is 17.4 Å². The summed E-state index contributed by atoms with van der Waals surface area (Å²) >= 11 is 3.33. The third kappa shape index (κ3) is 2.08. The van der Waals surface area contributed by atoms with E-state index in [0.29, 0.717) is 16.9 Å². The monoisotopic (exact) mass is 278 g/mol. The average Bonchev–Trinajstić information content (AvgIpc) is 2.33. The van der Waals surface area contributed by atoms with Gasteiger partial charge < -0.3 is 10.8 Å². The lowest BCUT2D eigenvalue weighted by Crippen LogP contribution is -2.05. The molecule has 4 heteroatoms. The minimum atomic E-state index is -0.793. The van der Waals surface area contributed by atoms with Gasteiger partial charge in [0, 0.05) is 16.2 Å². The molecule has 3 nitrogen and oxygen atoms in total. The molecule has 0 saturated carbocycles. The van der Waals surface area contributed by atoms with E-state index in [0.717, 1.165) is 4.47 Å². The molecule has 0 saturated heterocycles. The van der Waals surface area contributed by atoms with Crippen molar-refractivity contribution in [2.45, 2.75) is 6.10 Å². The average molecular weight is 279 g/mol. The largest absolute Gasteiger partial charge is 0.398 e. The minimum Gasteiger partial charge on any atom is -0.398 e. The third-order valence-electron chi connectivity index (χ3n) is 2.35. The lowest BCUT2D eigenvalue weighted by atomic mass is 10.0. The molecule has 1 atom stereocenters. The fourth-order valence-corrected chi connectivity index (χ4v) is 1.87. The van der Waals surface area contributed by atoms with Crippen molar-refractivity contribution in [2.75, 3.05) is 5.73 Å². The number of hydrogen-bond donors (Lipinski definition) is 2. The van der Waals surface area contributed by atoms with E-state index < -0.39 is 6.10 Å². The Morgan fingerprint density at radius 3 is 2.69 bits per heavy atom. The highest BCUT2D eigenvalue weighted by molar-refractivity contribution is 9.10. The molecule has 2 rings (SSSR count). The molecule has 2 aromatic rings. The van der Waals surface area contributed by atoms with Gasteiger partial charge in [0.05, 0.1) is 11.4 Å². The molecule has 0 aliphatic carbocycles. The van der Waals surface area contributed by atoms with Crippen molar-refractivity contribution in [2.24, 2.45) is 0 Å². The van der Waals surface area contributed by atoms with Crippen LogP contribution in [0.25, 0.3) is 0 Å².